The topological polar surface area (TPSA) is 9.23 Å². The molecule has 0 saturated heterocycles. The van der Waals surface area contributed by atoms with E-state index in [0.29, 0.717) is 12.4 Å². The van der Waals surface area contributed by atoms with Gasteiger partial charge in [-0.05, 0) is 6.42 Å². The summed E-state index contributed by atoms with van der Waals surface area (Å²) in [6.07, 6.45) is 0.950. The maximum Gasteiger partial charge on any atom is 2.00 e. The predicted molar refractivity (Wildman–Crippen MR) is 46.8 cm³/mol. The smallest absolute Gasteiger partial charge is 1.00 e. The van der Waals surface area contributed by atoms with Crippen LogP contribution in [0, 0.1) is 11.9 Å². The van der Waals surface area contributed by atoms with Crippen molar-refractivity contribution < 1.29 is 26.1 Å². The molecule has 0 aromatic heterocycles. The van der Waals surface area contributed by atoms with Gasteiger partial charge in [0.15, 0.2) is 0 Å². The van der Waals surface area contributed by atoms with Crippen molar-refractivity contribution in [1.29, 1.82) is 0 Å². The first-order valence-corrected chi connectivity index (χ1v) is 3.63. The Morgan fingerprint density at radius 3 is 2.62 bits per heavy atom. The van der Waals surface area contributed by atoms with Crippen LogP contribution in [0.4, 0.5) is 4.39 Å². The van der Waals surface area contributed by atoms with Crippen LogP contribution in [-0.2, 0) is 0 Å². The molecule has 0 amide bonds. The van der Waals surface area contributed by atoms with E-state index >= 15 is 0 Å². The van der Waals surface area contributed by atoms with E-state index in [9.17, 15) is 4.39 Å². The molecule has 1 rings (SSSR count). The summed E-state index contributed by atoms with van der Waals surface area (Å²) >= 11 is 0. The minimum atomic E-state index is -0.283. The van der Waals surface area contributed by atoms with Gasteiger partial charge in [-0.25, -0.2) is 0 Å². The molecule has 0 bridgehead atoms. The molecular weight excluding hydrogens is 247 g/mol. The molecular formula is C9H10BrFMgO. The van der Waals surface area contributed by atoms with Gasteiger partial charge in [-0.1, -0.05) is 6.92 Å². The second kappa shape index (κ2) is 8.78. The molecule has 68 valence electrons. The van der Waals surface area contributed by atoms with Gasteiger partial charge in [0.25, 0.3) is 0 Å². The zero-order chi connectivity index (χ0) is 8.10. The van der Waals surface area contributed by atoms with Crippen LogP contribution < -0.4 is 21.7 Å². The number of benzene rings is 1. The minimum absolute atomic E-state index is 0. The summed E-state index contributed by atoms with van der Waals surface area (Å²) in [5.41, 5.74) is 0. The molecule has 0 aliphatic carbocycles. The fourth-order valence-electron chi connectivity index (χ4n) is 0.693. The SMILES string of the molecule is CCCOc1[c-]cc(F)cc1.[Br-].[Mg+2]. The Labute approximate surface area is 105 Å². The summed E-state index contributed by atoms with van der Waals surface area (Å²) in [5.74, 6) is 0.321. The fraction of sp³-hybridized carbons (Fsp3) is 0.333. The largest absolute Gasteiger partial charge is 2.00 e. The van der Waals surface area contributed by atoms with Gasteiger partial charge in [0, 0.05) is 11.6 Å². The van der Waals surface area contributed by atoms with E-state index in [2.05, 4.69) is 6.07 Å². The van der Waals surface area contributed by atoms with Gasteiger partial charge >= 0.3 is 23.1 Å². The molecule has 0 spiro atoms. The molecule has 4 heteroatoms. The number of ether oxygens (including phenoxy) is 1. The van der Waals surface area contributed by atoms with Crippen molar-refractivity contribution in [2.24, 2.45) is 0 Å². The van der Waals surface area contributed by atoms with Crippen molar-refractivity contribution in [2.75, 3.05) is 6.61 Å². The average Bonchev–Trinajstić information content (AvgIpc) is 2.04. The van der Waals surface area contributed by atoms with Crippen LogP contribution >= 0.6 is 0 Å². The van der Waals surface area contributed by atoms with Crippen LogP contribution in [0.1, 0.15) is 13.3 Å². The summed E-state index contributed by atoms with van der Waals surface area (Å²) < 4.78 is 17.5. The average molecular weight is 257 g/mol. The predicted octanol–water partition coefficient (Wildman–Crippen LogP) is -0.962. The number of hydrogen-bond acceptors (Lipinski definition) is 1. The van der Waals surface area contributed by atoms with Crippen LogP contribution in [0.15, 0.2) is 18.2 Å². The Hall–Kier alpha value is 0.196. The van der Waals surface area contributed by atoms with Crippen molar-refractivity contribution in [3.8, 4) is 5.75 Å². The van der Waals surface area contributed by atoms with Crippen molar-refractivity contribution in [1.82, 2.24) is 0 Å². The number of hydrogen-bond donors (Lipinski definition) is 0. The van der Waals surface area contributed by atoms with E-state index < -0.39 is 0 Å². The van der Waals surface area contributed by atoms with Gasteiger partial charge in [-0.3, -0.25) is 4.39 Å². The molecule has 0 aliphatic heterocycles. The van der Waals surface area contributed by atoms with Crippen molar-refractivity contribution >= 4 is 23.1 Å². The maximum atomic E-state index is 12.3. The molecule has 0 heterocycles. The van der Waals surface area contributed by atoms with Crippen molar-refractivity contribution in [3.05, 3.63) is 30.1 Å². The van der Waals surface area contributed by atoms with Crippen LogP contribution in [0.2, 0.25) is 0 Å². The van der Waals surface area contributed by atoms with E-state index in [1.54, 1.807) is 6.07 Å². The first-order chi connectivity index (χ1) is 5.33. The second-order valence-corrected chi connectivity index (χ2v) is 2.22. The van der Waals surface area contributed by atoms with Crippen LogP contribution in [0.25, 0.3) is 0 Å². The molecule has 0 atom stereocenters. The quantitative estimate of drug-likeness (QED) is 0.500. The maximum absolute atomic E-state index is 12.3. The Bertz CT molecular complexity index is 215. The number of rotatable bonds is 3. The van der Waals surface area contributed by atoms with E-state index in [1.807, 2.05) is 6.92 Å². The third-order valence-electron chi connectivity index (χ3n) is 1.21. The Kier molecular flexibility index (Phi) is 10.6. The Balaban J connectivity index is 0. The zero-order valence-electron chi connectivity index (χ0n) is 7.52. The molecule has 13 heavy (non-hydrogen) atoms. The summed E-state index contributed by atoms with van der Waals surface area (Å²) in [7, 11) is 0. The molecule has 1 aromatic rings. The standard InChI is InChI=1S/C9H10FO.BrH.Mg/c1-2-7-11-9-5-3-8(10)4-6-9;;/h3-5H,2,7H2,1H3;1H;/q-1;;+2/p-1. The van der Waals surface area contributed by atoms with Crippen LogP contribution in [0.3, 0.4) is 0 Å². The minimum Gasteiger partial charge on any atom is -1.00 e. The Morgan fingerprint density at radius 1 is 1.46 bits per heavy atom. The van der Waals surface area contributed by atoms with Crippen molar-refractivity contribution in [2.45, 2.75) is 13.3 Å². The first-order valence-electron chi connectivity index (χ1n) is 3.63. The van der Waals surface area contributed by atoms with Gasteiger partial charge in [0.05, 0.1) is 6.61 Å². The fourth-order valence-corrected chi connectivity index (χ4v) is 0.693. The van der Waals surface area contributed by atoms with Gasteiger partial charge in [-0.15, -0.1) is 24.3 Å². The summed E-state index contributed by atoms with van der Waals surface area (Å²) in [6, 6.07) is 6.88. The molecule has 0 unspecified atom stereocenters. The summed E-state index contributed by atoms with van der Waals surface area (Å²) in [6.45, 7) is 2.67. The van der Waals surface area contributed by atoms with E-state index in [4.69, 9.17) is 4.74 Å². The van der Waals surface area contributed by atoms with Crippen LogP contribution in [0.5, 0.6) is 5.75 Å². The first kappa shape index (κ1) is 15.7. The molecule has 0 N–H and O–H groups in total. The third kappa shape index (κ3) is 6.29. The van der Waals surface area contributed by atoms with Gasteiger partial charge in [-0.2, -0.15) is 0 Å². The molecule has 0 fully saturated rings. The molecule has 0 saturated carbocycles. The monoisotopic (exact) mass is 256 g/mol. The van der Waals surface area contributed by atoms with E-state index in [0.717, 1.165) is 6.42 Å². The van der Waals surface area contributed by atoms with Crippen LogP contribution in [-0.4, -0.2) is 29.7 Å². The zero-order valence-corrected chi connectivity index (χ0v) is 10.5. The summed E-state index contributed by atoms with van der Waals surface area (Å²) in [5, 5.41) is 0. The third-order valence-corrected chi connectivity index (χ3v) is 1.21. The van der Waals surface area contributed by atoms with E-state index in [1.165, 1.54) is 12.1 Å². The van der Waals surface area contributed by atoms with Gasteiger partial charge in [0.1, 0.15) is 0 Å². The molecule has 1 nitrogen and oxygen atoms in total. The van der Waals surface area contributed by atoms with Gasteiger partial charge in [0.2, 0.25) is 0 Å². The molecule has 0 radical (unpaired) electrons. The Morgan fingerprint density at radius 2 is 2.15 bits per heavy atom. The normalized spacial score (nSPS) is 8.15. The second-order valence-electron chi connectivity index (χ2n) is 2.22. The van der Waals surface area contributed by atoms with Gasteiger partial charge < -0.3 is 21.7 Å². The summed E-state index contributed by atoms with van der Waals surface area (Å²) in [4.78, 5) is 0. The van der Waals surface area contributed by atoms with Crippen molar-refractivity contribution in [3.63, 3.8) is 0 Å². The molecule has 1 aromatic carbocycles. The number of halogens is 2. The molecule has 0 aliphatic rings. The van der Waals surface area contributed by atoms with E-state index in [-0.39, 0.29) is 45.9 Å².